The van der Waals surface area contributed by atoms with Crippen molar-refractivity contribution in [2.75, 3.05) is 12.4 Å². The van der Waals surface area contributed by atoms with Crippen molar-refractivity contribution in [1.29, 1.82) is 0 Å². The van der Waals surface area contributed by atoms with E-state index in [1.807, 2.05) is 37.3 Å². The molecule has 0 aliphatic rings. The molecule has 0 saturated carbocycles. The van der Waals surface area contributed by atoms with E-state index in [4.69, 9.17) is 11.6 Å². The fourth-order valence-corrected chi connectivity index (χ4v) is 3.10. The third-order valence-corrected chi connectivity index (χ3v) is 4.92. The molecule has 21 heavy (non-hydrogen) atoms. The van der Waals surface area contributed by atoms with Gasteiger partial charge in [-0.1, -0.05) is 35.9 Å². The Balaban J connectivity index is 2.25. The van der Waals surface area contributed by atoms with Crippen molar-refractivity contribution in [2.45, 2.75) is 17.9 Å². The smallest absolute Gasteiger partial charge is 0.240 e. The highest BCUT2D eigenvalue weighted by Gasteiger charge is 2.13. The molecule has 0 aromatic heterocycles. The number of anilines is 1. The van der Waals surface area contributed by atoms with Gasteiger partial charge in [0.15, 0.2) is 0 Å². The molecule has 0 bridgehead atoms. The minimum absolute atomic E-state index is 0.0359. The van der Waals surface area contributed by atoms with E-state index in [-0.39, 0.29) is 10.9 Å². The predicted octanol–water partition coefficient (Wildman–Crippen LogP) is 3.42. The minimum atomic E-state index is -3.45. The van der Waals surface area contributed by atoms with Crippen molar-refractivity contribution in [2.24, 2.45) is 0 Å². The normalized spacial score (nSPS) is 12.9. The second kappa shape index (κ2) is 6.47. The van der Waals surface area contributed by atoms with Gasteiger partial charge in [0.25, 0.3) is 0 Å². The van der Waals surface area contributed by atoms with Crippen LogP contribution < -0.4 is 10.0 Å². The van der Waals surface area contributed by atoms with Gasteiger partial charge < -0.3 is 5.32 Å². The second-order valence-corrected chi connectivity index (χ2v) is 6.92. The first kappa shape index (κ1) is 15.8. The number of benzene rings is 2. The molecule has 2 rings (SSSR count). The van der Waals surface area contributed by atoms with Crippen LogP contribution in [0.1, 0.15) is 18.5 Å². The fourth-order valence-electron chi connectivity index (χ4n) is 2.02. The van der Waals surface area contributed by atoms with Gasteiger partial charge in [0.1, 0.15) is 0 Å². The molecule has 6 heteroatoms. The number of halogens is 1. The van der Waals surface area contributed by atoms with Crippen molar-refractivity contribution < 1.29 is 8.42 Å². The van der Waals surface area contributed by atoms with Crippen LogP contribution in [0.3, 0.4) is 0 Å². The molecule has 0 heterocycles. The molecule has 4 nitrogen and oxygen atoms in total. The fraction of sp³-hybridized carbons (Fsp3) is 0.200. The summed E-state index contributed by atoms with van der Waals surface area (Å²) in [5, 5.41) is 3.94. The average molecular weight is 325 g/mol. The van der Waals surface area contributed by atoms with Gasteiger partial charge in [-0.2, -0.15) is 0 Å². The number of rotatable bonds is 5. The quantitative estimate of drug-likeness (QED) is 0.886. The zero-order chi connectivity index (χ0) is 15.5. The number of nitrogens with one attached hydrogen (secondary N) is 2. The minimum Gasteiger partial charge on any atom is -0.378 e. The molecule has 0 aliphatic carbocycles. The van der Waals surface area contributed by atoms with Crippen molar-refractivity contribution >= 4 is 27.3 Å². The molecule has 2 aromatic rings. The summed E-state index contributed by atoms with van der Waals surface area (Å²) in [6.45, 7) is 1.97. The van der Waals surface area contributed by atoms with Gasteiger partial charge >= 0.3 is 0 Å². The monoisotopic (exact) mass is 324 g/mol. The number of hydrogen-bond donors (Lipinski definition) is 2. The van der Waals surface area contributed by atoms with Gasteiger partial charge in [-0.3, -0.25) is 0 Å². The second-order valence-electron chi connectivity index (χ2n) is 4.62. The van der Waals surface area contributed by atoms with Crippen molar-refractivity contribution in [1.82, 2.24) is 4.72 Å². The van der Waals surface area contributed by atoms with E-state index >= 15 is 0 Å². The summed E-state index contributed by atoms with van der Waals surface area (Å²) in [4.78, 5) is 0.223. The summed E-state index contributed by atoms with van der Waals surface area (Å²) in [6, 6.07) is 14.2. The van der Waals surface area contributed by atoms with Crippen LogP contribution in [0.2, 0.25) is 5.02 Å². The van der Waals surface area contributed by atoms with Crippen molar-refractivity contribution in [3.63, 3.8) is 0 Å². The Bertz CT molecular complexity index is 732. The summed E-state index contributed by atoms with van der Waals surface area (Å²) >= 11 is 6.17. The van der Waals surface area contributed by atoms with Crippen LogP contribution >= 0.6 is 11.6 Å². The lowest BCUT2D eigenvalue weighted by Gasteiger charge is -2.17. The summed E-state index contributed by atoms with van der Waals surface area (Å²) in [5.41, 5.74) is 1.68. The maximum atomic E-state index is 11.8. The van der Waals surface area contributed by atoms with E-state index in [9.17, 15) is 8.42 Å². The summed E-state index contributed by atoms with van der Waals surface area (Å²) in [5.74, 6) is 0. The number of hydrogen-bond acceptors (Lipinski definition) is 3. The molecule has 0 amide bonds. The zero-order valence-electron chi connectivity index (χ0n) is 11.8. The van der Waals surface area contributed by atoms with Gasteiger partial charge in [-0.15, -0.1) is 0 Å². The van der Waals surface area contributed by atoms with E-state index in [1.165, 1.54) is 7.05 Å². The van der Waals surface area contributed by atoms with Gasteiger partial charge in [0.05, 0.1) is 4.90 Å². The Kier molecular flexibility index (Phi) is 4.88. The van der Waals surface area contributed by atoms with E-state index in [0.717, 1.165) is 11.3 Å². The van der Waals surface area contributed by atoms with E-state index in [0.29, 0.717) is 5.02 Å². The standard InChI is InChI=1S/C15H17ClN2O2S/c1-11(14-8-3-4-9-15(14)16)18-12-6-5-7-13(10-12)21(19,20)17-2/h3-11,17-18H,1-2H3. The lowest BCUT2D eigenvalue weighted by Crippen LogP contribution is -2.18. The molecule has 1 atom stereocenters. The molecule has 0 aliphatic heterocycles. The molecule has 112 valence electrons. The first-order valence-corrected chi connectivity index (χ1v) is 8.35. The molecular formula is C15H17ClN2O2S. The van der Waals surface area contributed by atoms with Crippen molar-refractivity contribution in [3.05, 3.63) is 59.1 Å². The van der Waals surface area contributed by atoms with Gasteiger partial charge in [0.2, 0.25) is 10.0 Å². The average Bonchev–Trinajstić information content (AvgIpc) is 2.48. The first-order valence-electron chi connectivity index (χ1n) is 6.48. The Labute approximate surface area is 130 Å². The van der Waals surface area contributed by atoms with E-state index in [1.54, 1.807) is 18.2 Å². The first-order chi connectivity index (χ1) is 9.94. The molecule has 2 N–H and O–H groups in total. The lowest BCUT2D eigenvalue weighted by molar-refractivity contribution is 0.588. The summed E-state index contributed by atoms with van der Waals surface area (Å²) in [7, 11) is -2.05. The highest BCUT2D eigenvalue weighted by molar-refractivity contribution is 7.89. The van der Waals surface area contributed by atoms with Crippen LogP contribution in [-0.4, -0.2) is 15.5 Å². The Morgan fingerprint density at radius 2 is 1.81 bits per heavy atom. The van der Waals surface area contributed by atoms with Crippen LogP contribution in [0.4, 0.5) is 5.69 Å². The predicted molar refractivity (Wildman–Crippen MR) is 86.2 cm³/mol. The maximum absolute atomic E-state index is 11.8. The third-order valence-electron chi connectivity index (χ3n) is 3.17. The Hall–Kier alpha value is -1.56. The topological polar surface area (TPSA) is 58.2 Å². The highest BCUT2D eigenvalue weighted by Crippen LogP contribution is 2.26. The SMILES string of the molecule is CNS(=O)(=O)c1cccc(NC(C)c2ccccc2Cl)c1. The largest absolute Gasteiger partial charge is 0.378 e. The molecule has 1 unspecified atom stereocenters. The summed E-state index contributed by atoms with van der Waals surface area (Å²) < 4.78 is 25.9. The maximum Gasteiger partial charge on any atom is 0.240 e. The highest BCUT2D eigenvalue weighted by atomic mass is 35.5. The van der Waals surface area contributed by atoms with E-state index in [2.05, 4.69) is 10.0 Å². The zero-order valence-corrected chi connectivity index (χ0v) is 13.4. The molecule has 0 fully saturated rings. The van der Waals surface area contributed by atoms with Gasteiger partial charge in [-0.05, 0) is 43.8 Å². The van der Waals surface area contributed by atoms with E-state index < -0.39 is 10.0 Å². The number of sulfonamides is 1. The third kappa shape index (κ3) is 3.75. The molecule has 2 aromatic carbocycles. The lowest BCUT2D eigenvalue weighted by atomic mass is 10.1. The Morgan fingerprint density at radius 3 is 2.48 bits per heavy atom. The van der Waals surface area contributed by atoms with Crippen LogP contribution in [-0.2, 0) is 10.0 Å². The van der Waals surface area contributed by atoms with Gasteiger partial charge in [-0.25, -0.2) is 13.1 Å². The Morgan fingerprint density at radius 1 is 1.10 bits per heavy atom. The molecule has 0 spiro atoms. The molecular weight excluding hydrogens is 308 g/mol. The van der Waals surface area contributed by atoms with Crippen molar-refractivity contribution in [3.8, 4) is 0 Å². The van der Waals surface area contributed by atoms with Gasteiger partial charge in [0, 0.05) is 16.8 Å². The molecule has 0 radical (unpaired) electrons. The van der Waals surface area contributed by atoms with Crippen LogP contribution in [0, 0.1) is 0 Å². The molecule has 0 saturated heterocycles. The van der Waals surface area contributed by atoms with Crippen LogP contribution in [0.15, 0.2) is 53.4 Å². The van der Waals surface area contributed by atoms with Crippen LogP contribution in [0.5, 0.6) is 0 Å². The summed E-state index contributed by atoms with van der Waals surface area (Å²) in [6.07, 6.45) is 0. The van der Waals surface area contributed by atoms with Crippen LogP contribution in [0.25, 0.3) is 0 Å².